The van der Waals surface area contributed by atoms with Crippen LogP contribution in [0.2, 0.25) is 0 Å². The summed E-state index contributed by atoms with van der Waals surface area (Å²) in [5, 5.41) is 17.6. The van der Waals surface area contributed by atoms with Crippen molar-refractivity contribution in [3.8, 4) is 5.75 Å². The maximum absolute atomic E-state index is 10.5. The fraction of sp³-hybridized carbons (Fsp3) is 0.222. The van der Waals surface area contributed by atoms with Crippen molar-refractivity contribution in [3.63, 3.8) is 0 Å². The van der Waals surface area contributed by atoms with Crippen molar-refractivity contribution >= 4 is 5.97 Å². The minimum atomic E-state index is -0.909. The third-order valence-corrected chi connectivity index (χ3v) is 1.77. The lowest BCUT2D eigenvalue weighted by Gasteiger charge is -2.02. The lowest BCUT2D eigenvalue weighted by molar-refractivity contribution is -0.407. The van der Waals surface area contributed by atoms with Crippen molar-refractivity contribution in [2.45, 2.75) is 12.5 Å². The first-order chi connectivity index (χ1) is 6.09. The van der Waals surface area contributed by atoms with Crippen molar-refractivity contribution in [2.24, 2.45) is 0 Å². The Hall–Kier alpha value is -1.34. The molecule has 0 fully saturated rings. The van der Waals surface area contributed by atoms with Gasteiger partial charge >= 0.3 is 5.97 Å². The maximum Gasteiger partial charge on any atom is 0.362 e. The number of carboxylic acid groups (broad SMARTS) is 1. The molecular formula is C9H16ClNO5. The highest BCUT2D eigenvalue weighted by Gasteiger charge is 2.15. The van der Waals surface area contributed by atoms with Crippen LogP contribution < -0.4 is 18.1 Å². The monoisotopic (exact) mass is 253 g/mol. The van der Waals surface area contributed by atoms with Crippen molar-refractivity contribution < 1.29 is 44.1 Å². The van der Waals surface area contributed by atoms with E-state index in [1.807, 2.05) is 0 Å². The normalized spacial score (nSPS) is 10.1. The van der Waals surface area contributed by atoms with Gasteiger partial charge in [-0.2, -0.15) is 0 Å². The predicted octanol–water partition coefficient (Wildman–Crippen LogP) is -5.02. The molecule has 1 aromatic carbocycles. The molecule has 1 atom stereocenters. The van der Waals surface area contributed by atoms with E-state index in [2.05, 4.69) is 5.73 Å². The number of phenolic OH excluding ortho intramolecular Hbond substituents is 1. The number of phenols is 1. The van der Waals surface area contributed by atoms with Gasteiger partial charge in [0.1, 0.15) is 5.75 Å². The molecule has 0 spiro atoms. The van der Waals surface area contributed by atoms with Crippen LogP contribution in [0.5, 0.6) is 5.75 Å². The van der Waals surface area contributed by atoms with Gasteiger partial charge in [0.05, 0.1) is 0 Å². The summed E-state index contributed by atoms with van der Waals surface area (Å²) in [6.07, 6.45) is 0.385. The molecule has 0 saturated carbocycles. The van der Waals surface area contributed by atoms with E-state index in [1.54, 1.807) is 12.1 Å². The Bertz CT molecular complexity index is 303. The standard InChI is InChI=1S/C9H11NO3.ClH.2H2O/c10-8(9(12)13)5-6-1-3-7(11)4-2-6;;;/h1-4,8,11H,5,10H2,(H,12,13);1H;2*1H2/t8-;;;/m1.../s1. The highest BCUT2D eigenvalue weighted by Crippen LogP contribution is 2.10. The fourth-order valence-electron chi connectivity index (χ4n) is 1.00. The molecule has 0 aromatic heterocycles. The van der Waals surface area contributed by atoms with E-state index >= 15 is 0 Å². The molecule has 1 rings (SSSR count). The Balaban J connectivity index is -0.000000563. The van der Waals surface area contributed by atoms with Gasteiger partial charge in [0, 0.05) is 6.42 Å². The molecule has 16 heavy (non-hydrogen) atoms. The van der Waals surface area contributed by atoms with E-state index in [0.717, 1.165) is 5.56 Å². The molecule has 0 amide bonds. The van der Waals surface area contributed by atoms with Crippen LogP contribution in [0, 0.1) is 0 Å². The molecule has 0 bridgehead atoms. The minimum absolute atomic E-state index is 0. The average Bonchev–Trinajstić information content (AvgIpc) is 2.08. The van der Waals surface area contributed by atoms with Crippen molar-refractivity contribution in [1.29, 1.82) is 0 Å². The zero-order valence-electron chi connectivity index (χ0n) is 8.48. The number of carbonyl (C=O) groups is 1. The molecule has 0 saturated heterocycles. The summed E-state index contributed by atoms with van der Waals surface area (Å²) in [5.74, 6) is -0.729. The zero-order valence-corrected chi connectivity index (χ0v) is 9.24. The summed E-state index contributed by atoms with van der Waals surface area (Å²) in [6, 6.07) is 5.81. The number of aliphatic carboxylic acids is 1. The molecule has 1 aromatic rings. The summed E-state index contributed by atoms with van der Waals surface area (Å²) < 4.78 is 0. The van der Waals surface area contributed by atoms with E-state index < -0.39 is 12.0 Å². The second kappa shape index (κ2) is 8.93. The van der Waals surface area contributed by atoms with E-state index in [0.29, 0.717) is 6.42 Å². The first-order valence-corrected chi connectivity index (χ1v) is 3.93. The molecule has 9 N–H and O–H groups in total. The van der Waals surface area contributed by atoms with Gasteiger partial charge in [-0.05, 0) is 17.7 Å². The summed E-state index contributed by atoms with van der Waals surface area (Å²) in [4.78, 5) is 10.5. The second-order valence-corrected chi connectivity index (χ2v) is 2.91. The number of benzene rings is 1. The molecule has 0 aliphatic heterocycles. The van der Waals surface area contributed by atoms with E-state index in [4.69, 9.17) is 10.2 Å². The number of carboxylic acids is 1. The summed E-state index contributed by atoms with van der Waals surface area (Å²) in [7, 11) is 0. The van der Waals surface area contributed by atoms with E-state index in [-0.39, 0.29) is 29.1 Å². The Morgan fingerprint density at radius 1 is 1.25 bits per heavy atom. The highest BCUT2D eigenvalue weighted by molar-refractivity contribution is 5.71. The maximum atomic E-state index is 10.5. The SMILES string of the molecule is O.O.[Cl-].[NH3+][C@H](Cc1ccc(O)cc1)C(=O)O. The molecule has 0 heterocycles. The third-order valence-electron chi connectivity index (χ3n) is 1.77. The lowest BCUT2D eigenvalue weighted by atomic mass is 10.1. The number of aromatic hydroxyl groups is 1. The van der Waals surface area contributed by atoms with Crippen molar-refractivity contribution in [2.75, 3.05) is 0 Å². The van der Waals surface area contributed by atoms with Gasteiger partial charge in [0.2, 0.25) is 0 Å². The summed E-state index contributed by atoms with van der Waals surface area (Å²) in [5.41, 5.74) is 4.35. The smallest absolute Gasteiger partial charge is 0.362 e. The average molecular weight is 254 g/mol. The molecule has 0 unspecified atom stereocenters. The van der Waals surface area contributed by atoms with Gasteiger partial charge in [-0.1, -0.05) is 12.1 Å². The first kappa shape index (κ1) is 20.1. The Labute approximate surface area is 98.7 Å². The van der Waals surface area contributed by atoms with Crippen LogP contribution in [-0.4, -0.2) is 33.2 Å². The number of quaternary nitrogens is 1. The van der Waals surface area contributed by atoms with Gasteiger partial charge in [0.15, 0.2) is 6.04 Å². The van der Waals surface area contributed by atoms with Gasteiger partial charge < -0.3 is 39.3 Å². The summed E-state index contributed by atoms with van der Waals surface area (Å²) in [6.45, 7) is 0. The molecular weight excluding hydrogens is 238 g/mol. The van der Waals surface area contributed by atoms with E-state index in [9.17, 15) is 4.79 Å². The van der Waals surface area contributed by atoms with Crippen LogP contribution in [-0.2, 0) is 11.2 Å². The Morgan fingerprint density at radius 2 is 1.69 bits per heavy atom. The van der Waals surface area contributed by atoms with Crippen LogP contribution in [0.25, 0.3) is 0 Å². The zero-order chi connectivity index (χ0) is 9.84. The van der Waals surface area contributed by atoms with Crippen LogP contribution >= 0.6 is 0 Å². The lowest BCUT2D eigenvalue weighted by Crippen LogP contribution is -3.00. The van der Waals surface area contributed by atoms with Gasteiger partial charge in [0.25, 0.3) is 0 Å². The molecule has 6 nitrogen and oxygen atoms in total. The summed E-state index contributed by atoms with van der Waals surface area (Å²) >= 11 is 0. The Morgan fingerprint density at radius 3 is 2.06 bits per heavy atom. The van der Waals surface area contributed by atoms with Crippen LogP contribution in [0.1, 0.15) is 5.56 Å². The molecule has 0 aliphatic rings. The first-order valence-electron chi connectivity index (χ1n) is 3.93. The largest absolute Gasteiger partial charge is 1.00 e. The molecule has 7 heteroatoms. The van der Waals surface area contributed by atoms with Crippen molar-refractivity contribution in [1.82, 2.24) is 0 Å². The van der Waals surface area contributed by atoms with Crippen LogP contribution in [0.4, 0.5) is 0 Å². The fourth-order valence-corrected chi connectivity index (χ4v) is 1.00. The quantitative estimate of drug-likeness (QED) is 0.495. The highest BCUT2D eigenvalue weighted by atomic mass is 35.5. The van der Waals surface area contributed by atoms with Gasteiger partial charge in [-0.15, -0.1) is 0 Å². The van der Waals surface area contributed by atoms with Crippen LogP contribution in [0.15, 0.2) is 24.3 Å². The molecule has 94 valence electrons. The van der Waals surface area contributed by atoms with Crippen molar-refractivity contribution in [3.05, 3.63) is 29.8 Å². The topological polar surface area (TPSA) is 148 Å². The van der Waals surface area contributed by atoms with Crippen LogP contribution in [0.3, 0.4) is 0 Å². The number of hydrogen-bond donors (Lipinski definition) is 3. The predicted molar refractivity (Wildman–Crippen MR) is 53.4 cm³/mol. The minimum Gasteiger partial charge on any atom is -1.00 e. The number of rotatable bonds is 3. The number of halogens is 1. The third kappa shape index (κ3) is 6.20. The van der Waals surface area contributed by atoms with E-state index in [1.165, 1.54) is 12.1 Å². The van der Waals surface area contributed by atoms with Gasteiger partial charge in [-0.25, -0.2) is 4.79 Å². The molecule has 0 aliphatic carbocycles. The molecule has 0 radical (unpaired) electrons. The van der Waals surface area contributed by atoms with Gasteiger partial charge in [-0.3, -0.25) is 0 Å². The number of hydrogen-bond acceptors (Lipinski definition) is 2. The Kier molecular flexibility index (Phi) is 11.2. The second-order valence-electron chi connectivity index (χ2n) is 2.91.